The van der Waals surface area contributed by atoms with Crippen molar-refractivity contribution < 1.29 is 4.74 Å². The van der Waals surface area contributed by atoms with E-state index in [-0.39, 0.29) is 5.54 Å². The van der Waals surface area contributed by atoms with Crippen LogP contribution in [0, 0.1) is 17.4 Å². The third-order valence-corrected chi connectivity index (χ3v) is 1.61. The molecule has 0 amide bonds. The van der Waals surface area contributed by atoms with Crippen molar-refractivity contribution in [1.29, 1.82) is 5.26 Å². The minimum Gasteiger partial charge on any atom is -0.395 e. The van der Waals surface area contributed by atoms with Crippen LogP contribution < -0.4 is 0 Å². The number of rotatable bonds is 4. The summed E-state index contributed by atoms with van der Waals surface area (Å²) >= 11 is 0. The Morgan fingerprint density at radius 3 is 2.07 bits per heavy atom. The number of nitriles is 1. The van der Waals surface area contributed by atoms with Gasteiger partial charge in [-0.25, -0.2) is 0 Å². The molecule has 0 fully saturated rings. The fourth-order valence-electron chi connectivity index (χ4n) is 1.21. The number of hydrogen-bond donors (Lipinski definition) is 0. The zero-order valence-corrected chi connectivity index (χ0v) is 10.5. The number of nitrogens with zero attached hydrogens (tertiary/aromatic N) is 3. The lowest BCUT2D eigenvalue weighted by atomic mass is 10.0. The molecule has 4 nitrogen and oxygen atoms in total. The zero-order valence-electron chi connectivity index (χ0n) is 10.5. The molecular weight excluding hydrogens is 190 g/mol. The molecule has 0 aromatic rings. The number of hydrogen-bond acceptors (Lipinski definition) is 4. The fraction of sp³-hybridized carbons (Fsp3) is 0.909. The van der Waals surface area contributed by atoms with Crippen molar-refractivity contribution in [3.05, 3.63) is 0 Å². The van der Waals surface area contributed by atoms with Gasteiger partial charge in [-0.1, -0.05) is 13.8 Å². The molecule has 0 saturated heterocycles. The van der Waals surface area contributed by atoms with Crippen molar-refractivity contribution in [3.8, 4) is 6.26 Å². The lowest BCUT2D eigenvalue weighted by Gasteiger charge is -2.24. The van der Waals surface area contributed by atoms with Crippen LogP contribution in [0.1, 0.15) is 48.0 Å². The van der Waals surface area contributed by atoms with E-state index in [1.165, 1.54) is 0 Å². The first-order valence-electron chi connectivity index (χ1n) is 5.20. The highest BCUT2D eigenvalue weighted by atomic mass is 16.5. The largest absolute Gasteiger partial charge is 0.395 e. The van der Waals surface area contributed by atoms with E-state index in [0.717, 1.165) is 0 Å². The van der Waals surface area contributed by atoms with Gasteiger partial charge in [0.2, 0.25) is 5.72 Å². The quantitative estimate of drug-likeness (QED) is 0.528. The SMILES string of the molecule is CC(C)CC(C)(N=NC(C)(C)C)OC#N. The van der Waals surface area contributed by atoms with Crippen LogP contribution >= 0.6 is 0 Å². The average Bonchev–Trinajstić information content (AvgIpc) is 1.99. The first-order valence-corrected chi connectivity index (χ1v) is 5.20. The summed E-state index contributed by atoms with van der Waals surface area (Å²) in [6, 6.07) is 0. The van der Waals surface area contributed by atoms with Crippen molar-refractivity contribution in [2.75, 3.05) is 0 Å². The van der Waals surface area contributed by atoms with Gasteiger partial charge in [0.05, 0.1) is 5.54 Å². The van der Waals surface area contributed by atoms with Crippen molar-refractivity contribution in [1.82, 2.24) is 0 Å². The number of ether oxygens (including phenoxy) is 1. The maximum atomic E-state index is 8.57. The highest BCUT2D eigenvalue weighted by Gasteiger charge is 2.28. The minimum atomic E-state index is -0.823. The molecule has 0 aliphatic carbocycles. The fourth-order valence-corrected chi connectivity index (χ4v) is 1.21. The minimum absolute atomic E-state index is 0.239. The Labute approximate surface area is 92.3 Å². The molecule has 0 heterocycles. The standard InChI is InChI=1S/C11H21N3O/c1-9(2)7-11(6,15-8-12)14-13-10(3,4)5/h9H,7H2,1-6H3. The van der Waals surface area contributed by atoms with Crippen LogP contribution in [0.15, 0.2) is 10.2 Å². The van der Waals surface area contributed by atoms with Crippen LogP contribution in [-0.2, 0) is 4.74 Å². The molecule has 15 heavy (non-hydrogen) atoms. The first kappa shape index (κ1) is 13.9. The summed E-state index contributed by atoms with van der Waals surface area (Å²) in [4.78, 5) is 0. The van der Waals surface area contributed by atoms with Gasteiger partial charge in [0.25, 0.3) is 6.26 Å². The third-order valence-electron chi connectivity index (χ3n) is 1.61. The van der Waals surface area contributed by atoms with Gasteiger partial charge in [0.1, 0.15) is 0 Å². The van der Waals surface area contributed by atoms with Gasteiger partial charge < -0.3 is 4.74 Å². The van der Waals surface area contributed by atoms with Gasteiger partial charge in [-0.2, -0.15) is 10.4 Å². The molecule has 0 aromatic carbocycles. The van der Waals surface area contributed by atoms with E-state index in [0.29, 0.717) is 12.3 Å². The van der Waals surface area contributed by atoms with E-state index in [9.17, 15) is 0 Å². The monoisotopic (exact) mass is 211 g/mol. The average molecular weight is 211 g/mol. The molecule has 0 aromatic heterocycles. The summed E-state index contributed by atoms with van der Waals surface area (Å²) in [6.45, 7) is 11.8. The molecule has 0 spiro atoms. The van der Waals surface area contributed by atoms with Crippen LogP contribution in [-0.4, -0.2) is 11.3 Å². The Morgan fingerprint density at radius 2 is 1.73 bits per heavy atom. The highest BCUT2D eigenvalue weighted by Crippen LogP contribution is 2.24. The topological polar surface area (TPSA) is 57.7 Å². The maximum Gasteiger partial charge on any atom is 0.288 e. The molecule has 0 N–H and O–H groups in total. The Morgan fingerprint density at radius 1 is 1.20 bits per heavy atom. The summed E-state index contributed by atoms with van der Waals surface area (Å²) in [7, 11) is 0. The van der Waals surface area contributed by atoms with E-state index in [1.54, 1.807) is 13.2 Å². The third kappa shape index (κ3) is 6.89. The predicted molar refractivity (Wildman–Crippen MR) is 59.2 cm³/mol. The van der Waals surface area contributed by atoms with Crippen molar-refractivity contribution in [2.24, 2.45) is 16.1 Å². The molecule has 86 valence electrons. The van der Waals surface area contributed by atoms with E-state index in [2.05, 4.69) is 24.1 Å². The zero-order chi connectivity index (χ0) is 12.1. The van der Waals surface area contributed by atoms with Gasteiger partial charge in [0, 0.05) is 6.42 Å². The Kier molecular flexibility index (Phi) is 4.73. The summed E-state index contributed by atoms with van der Waals surface area (Å²) in [5, 5.41) is 16.9. The van der Waals surface area contributed by atoms with Gasteiger partial charge in [-0.05, 0) is 33.6 Å². The predicted octanol–water partition coefficient (Wildman–Crippen LogP) is 3.50. The Hall–Kier alpha value is -1.11. The lowest BCUT2D eigenvalue weighted by molar-refractivity contribution is 0.0318. The van der Waals surface area contributed by atoms with Gasteiger partial charge in [-0.15, -0.1) is 5.11 Å². The van der Waals surface area contributed by atoms with Crippen molar-refractivity contribution in [3.63, 3.8) is 0 Å². The molecule has 0 aliphatic heterocycles. The van der Waals surface area contributed by atoms with Gasteiger partial charge in [0.15, 0.2) is 0 Å². The second-order valence-corrected chi connectivity index (χ2v) is 5.34. The second kappa shape index (κ2) is 5.11. The normalized spacial score (nSPS) is 16.4. The highest BCUT2D eigenvalue weighted by molar-refractivity contribution is 4.78. The smallest absolute Gasteiger partial charge is 0.288 e. The molecule has 0 rings (SSSR count). The first-order chi connectivity index (χ1) is 6.68. The number of azo groups is 1. The molecule has 0 radical (unpaired) electrons. The maximum absolute atomic E-state index is 8.57. The van der Waals surface area contributed by atoms with Crippen LogP contribution in [0.5, 0.6) is 0 Å². The summed E-state index contributed by atoms with van der Waals surface area (Å²) in [6.07, 6.45) is 2.38. The molecular formula is C11H21N3O. The molecule has 4 heteroatoms. The molecule has 1 unspecified atom stereocenters. The van der Waals surface area contributed by atoms with E-state index in [4.69, 9.17) is 10.00 Å². The van der Waals surface area contributed by atoms with Gasteiger partial charge >= 0.3 is 0 Å². The van der Waals surface area contributed by atoms with Gasteiger partial charge in [-0.3, -0.25) is 0 Å². The van der Waals surface area contributed by atoms with E-state index in [1.807, 2.05) is 20.8 Å². The van der Waals surface area contributed by atoms with Crippen LogP contribution in [0.2, 0.25) is 0 Å². The summed E-state index contributed by atoms with van der Waals surface area (Å²) < 4.78 is 4.98. The summed E-state index contributed by atoms with van der Waals surface area (Å²) in [5.74, 6) is 0.405. The molecule has 0 aliphatic rings. The van der Waals surface area contributed by atoms with Crippen LogP contribution in [0.25, 0.3) is 0 Å². The van der Waals surface area contributed by atoms with Crippen molar-refractivity contribution in [2.45, 2.75) is 59.2 Å². The molecule has 0 bridgehead atoms. The van der Waals surface area contributed by atoms with Crippen molar-refractivity contribution >= 4 is 0 Å². The van der Waals surface area contributed by atoms with E-state index < -0.39 is 5.72 Å². The van der Waals surface area contributed by atoms with E-state index >= 15 is 0 Å². The Balaban J connectivity index is 4.66. The molecule has 0 saturated carbocycles. The van der Waals surface area contributed by atoms with Crippen LogP contribution in [0.4, 0.5) is 0 Å². The van der Waals surface area contributed by atoms with Crippen LogP contribution in [0.3, 0.4) is 0 Å². The Bertz CT molecular complexity index is 260. The lowest BCUT2D eigenvalue weighted by Crippen LogP contribution is -2.27. The second-order valence-electron chi connectivity index (χ2n) is 5.34. The summed E-state index contributed by atoms with van der Waals surface area (Å²) in [5.41, 5.74) is -1.06. The molecule has 1 atom stereocenters.